The van der Waals surface area contributed by atoms with Gasteiger partial charge in [0.2, 0.25) is 0 Å². The van der Waals surface area contributed by atoms with E-state index in [1.807, 2.05) is 0 Å². The van der Waals surface area contributed by atoms with E-state index in [1.54, 1.807) is 0 Å². The van der Waals surface area contributed by atoms with Gasteiger partial charge in [-0.2, -0.15) is 0 Å². The zero-order chi connectivity index (χ0) is 7.44. The Morgan fingerprint density at radius 2 is 2.11 bits per heavy atom. The summed E-state index contributed by atoms with van der Waals surface area (Å²) in [5.41, 5.74) is 0. The van der Waals surface area contributed by atoms with Gasteiger partial charge in [-0.25, -0.2) is 4.79 Å². The average Bonchev–Trinajstić information content (AvgIpc) is 1.63. The maximum Gasteiger partial charge on any atom is 0.333 e. The molecule has 0 bridgehead atoms. The first kappa shape index (κ1) is 7.90. The van der Waals surface area contributed by atoms with Gasteiger partial charge >= 0.3 is 11.9 Å². The van der Waals surface area contributed by atoms with E-state index in [-0.39, 0.29) is 0 Å². The van der Waals surface area contributed by atoms with Crippen molar-refractivity contribution < 1.29 is 24.9 Å². The summed E-state index contributed by atoms with van der Waals surface area (Å²) in [6.07, 6.45) is -2.54. The van der Waals surface area contributed by atoms with Crippen molar-refractivity contribution >= 4 is 11.9 Å². The number of carboxylic acids is 2. The second kappa shape index (κ2) is 3.03. The molecule has 0 heterocycles. The molecule has 0 amide bonds. The zero-order valence-corrected chi connectivity index (χ0v) is 4.44. The summed E-state index contributed by atoms with van der Waals surface area (Å²) in [6.45, 7) is 0. The van der Waals surface area contributed by atoms with E-state index in [1.165, 1.54) is 0 Å². The summed E-state index contributed by atoms with van der Waals surface area (Å²) in [5, 5.41) is 24.1. The van der Waals surface area contributed by atoms with Gasteiger partial charge in [0.25, 0.3) is 0 Å². The lowest BCUT2D eigenvalue weighted by Crippen LogP contribution is -2.22. The van der Waals surface area contributed by atoms with Crippen molar-refractivity contribution in [2.75, 3.05) is 0 Å². The maximum absolute atomic E-state index is 9.72. The molecule has 0 radical (unpaired) electrons. The fourth-order valence-electron chi connectivity index (χ4n) is 0.253. The lowest BCUT2D eigenvalue weighted by molar-refractivity contribution is -0.152. The summed E-state index contributed by atoms with van der Waals surface area (Å²) in [6, 6.07) is 0. The Balaban J connectivity index is 3.63. The maximum atomic E-state index is 9.72. The van der Waals surface area contributed by atoms with Crippen molar-refractivity contribution in [3.8, 4) is 0 Å². The van der Waals surface area contributed by atoms with Crippen LogP contribution in [0.5, 0.6) is 0 Å². The lowest BCUT2D eigenvalue weighted by Gasteiger charge is -1.97. The van der Waals surface area contributed by atoms with Gasteiger partial charge in [0.1, 0.15) is 0 Å². The minimum Gasteiger partial charge on any atom is -0.481 e. The van der Waals surface area contributed by atoms with Crippen molar-refractivity contribution in [3.05, 3.63) is 0 Å². The fraction of sp³-hybridized carbons (Fsp3) is 0.500. The monoisotopic (exact) mass is 136 g/mol. The molecule has 0 spiro atoms. The second-order valence-electron chi connectivity index (χ2n) is 1.45. The van der Waals surface area contributed by atoms with E-state index in [9.17, 15) is 9.59 Å². The Kier molecular flexibility index (Phi) is 2.66. The van der Waals surface area contributed by atoms with Gasteiger partial charge in [-0.05, 0) is 0 Å². The lowest BCUT2D eigenvalue weighted by atomic mass is 10.4. The van der Waals surface area contributed by atoms with Crippen molar-refractivity contribution in [2.24, 2.45) is 0 Å². The van der Waals surface area contributed by atoms with Gasteiger partial charge < -0.3 is 15.3 Å². The third kappa shape index (κ3) is 3.48. The van der Waals surface area contributed by atoms with Gasteiger partial charge in [-0.3, -0.25) is 4.79 Å². The Morgan fingerprint density at radius 1 is 1.67 bits per heavy atom. The highest BCUT2D eigenvalue weighted by molar-refractivity contribution is 5.79. The number of carboxylic acid groups (broad SMARTS) is 2. The van der Waals surface area contributed by atoms with E-state index < -0.39 is 24.5 Å². The molecule has 52 valence electrons. The first-order valence-corrected chi connectivity index (χ1v) is 2.16. The zero-order valence-electron chi connectivity index (χ0n) is 4.44. The topological polar surface area (TPSA) is 94.8 Å². The van der Waals surface area contributed by atoms with Gasteiger partial charge in [0.15, 0.2) is 6.10 Å². The van der Waals surface area contributed by atoms with Gasteiger partial charge in [0.05, 0.1) is 6.42 Å². The third-order valence-electron chi connectivity index (χ3n) is 0.653. The highest BCUT2D eigenvalue weighted by atomic mass is 16.7. The van der Waals surface area contributed by atoms with Gasteiger partial charge in [-0.15, -0.1) is 0 Å². The molecule has 0 aromatic carbocycles. The van der Waals surface area contributed by atoms with Crippen LogP contribution in [0.2, 0.25) is 0 Å². The summed E-state index contributed by atoms with van der Waals surface area (Å²) in [4.78, 5) is 19.4. The average molecular weight is 136 g/mol. The number of aliphatic hydroxyl groups is 1. The fourth-order valence-corrected chi connectivity index (χ4v) is 0.253. The Hall–Kier alpha value is -1.10. The molecule has 0 fully saturated rings. The predicted octanol–water partition coefficient (Wildman–Crippen LogP) is -1.09. The van der Waals surface area contributed by atoms with E-state index in [0.717, 1.165) is 0 Å². The van der Waals surface area contributed by atoms with E-state index in [4.69, 9.17) is 15.3 Å². The Bertz CT molecular complexity index is 129. The predicted molar refractivity (Wildman–Crippen MR) is 25.9 cm³/mol. The molecule has 1 atom stereocenters. The molecule has 0 saturated heterocycles. The number of hydrogen-bond acceptors (Lipinski definition) is 3. The number of hydrogen-bond donors (Lipinski definition) is 3. The first-order valence-electron chi connectivity index (χ1n) is 2.16. The molecule has 3 N–H and O–H groups in total. The van der Waals surface area contributed by atoms with Crippen LogP contribution < -0.4 is 0 Å². The van der Waals surface area contributed by atoms with Crippen LogP contribution in [-0.2, 0) is 9.59 Å². The Morgan fingerprint density at radius 3 is 2.22 bits per heavy atom. The quantitative estimate of drug-likeness (QED) is 0.458. The van der Waals surface area contributed by atoms with Crippen LogP contribution in [-0.4, -0.2) is 33.4 Å². The highest BCUT2D eigenvalue weighted by Gasteiger charge is 2.16. The number of aliphatic carboxylic acids is 2. The van der Waals surface area contributed by atoms with Crippen molar-refractivity contribution in [2.45, 2.75) is 12.5 Å². The van der Waals surface area contributed by atoms with Gasteiger partial charge in [-0.1, -0.05) is 0 Å². The van der Waals surface area contributed by atoms with Crippen LogP contribution in [0.25, 0.3) is 0 Å². The number of carbonyl (C=O) groups is 2. The normalized spacial score (nSPS) is 12.6. The number of rotatable bonds is 3. The van der Waals surface area contributed by atoms with Crippen LogP contribution in [0, 0.1) is 0 Å². The van der Waals surface area contributed by atoms with Crippen LogP contribution in [0.1, 0.15) is 6.42 Å². The summed E-state index contributed by atoms with van der Waals surface area (Å²) >= 11 is 0. The van der Waals surface area contributed by atoms with Crippen LogP contribution in [0.15, 0.2) is 0 Å². The SMILES string of the molecule is O=C(O)C[C@H](O)[14C](=O)O. The molecule has 0 aromatic heterocycles. The molecule has 0 saturated carbocycles. The van der Waals surface area contributed by atoms with Crippen LogP contribution >= 0.6 is 0 Å². The minimum absolute atomic E-state index is 0.755. The summed E-state index contributed by atoms with van der Waals surface area (Å²) < 4.78 is 0. The second-order valence-corrected chi connectivity index (χ2v) is 1.45. The van der Waals surface area contributed by atoms with Crippen LogP contribution in [0.3, 0.4) is 0 Å². The summed E-state index contributed by atoms with van der Waals surface area (Å²) in [7, 11) is 0. The first-order chi connectivity index (χ1) is 4.04. The van der Waals surface area contributed by atoms with Crippen molar-refractivity contribution in [1.29, 1.82) is 0 Å². The molecule has 5 heteroatoms. The molecule has 0 aliphatic carbocycles. The third-order valence-corrected chi connectivity index (χ3v) is 0.653. The molecule has 0 aliphatic heterocycles. The van der Waals surface area contributed by atoms with Crippen molar-refractivity contribution in [1.82, 2.24) is 0 Å². The molecule has 0 aliphatic rings. The molecule has 5 nitrogen and oxygen atoms in total. The highest BCUT2D eigenvalue weighted by Crippen LogP contribution is 1.89. The van der Waals surface area contributed by atoms with Gasteiger partial charge in [0, 0.05) is 0 Å². The molecular formula is C4H6O5. The minimum atomic E-state index is -1.79. The van der Waals surface area contributed by atoms with E-state index in [2.05, 4.69) is 0 Å². The number of aliphatic hydroxyl groups excluding tert-OH is 1. The molecule has 0 aromatic rings. The standard InChI is InChI=1S/C4H6O5/c5-2(4(8)9)1-3(6)7/h2,5H,1H2,(H,6,7)(H,8,9)/t2-/m0/s1/i4+2. The van der Waals surface area contributed by atoms with Crippen LogP contribution in [0.4, 0.5) is 0 Å². The molecular weight excluding hydrogens is 130 g/mol. The Labute approximate surface area is 50.5 Å². The molecule has 0 unspecified atom stereocenters. The van der Waals surface area contributed by atoms with E-state index in [0.29, 0.717) is 0 Å². The smallest absolute Gasteiger partial charge is 0.333 e. The largest absolute Gasteiger partial charge is 0.481 e. The summed E-state index contributed by atoms with van der Waals surface area (Å²) in [5.74, 6) is -2.85. The van der Waals surface area contributed by atoms with E-state index >= 15 is 0 Å². The molecule has 0 rings (SSSR count). The van der Waals surface area contributed by atoms with Crippen molar-refractivity contribution in [3.63, 3.8) is 0 Å². The molecule has 9 heavy (non-hydrogen) atoms.